The number of para-hydroxylation sites is 1. The van der Waals surface area contributed by atoms with Crippen molar-refractivity contribution in [3.63, 3.8) is 0 Å². The predicted octanol–water partition coefficient (Wildman–Crippen LogP) is 7.19. The molecule has 0 radical (unpaired) electrons. The smallest absolute Gasteiger partial charge is 0.259 e. The molecule has 2 aromatic rings. The minimum absolute atomic E-state index is 0.0943. The lowest BCUT2D eigenvalue weighted by Crippen LogP contribution is -2.34. The van der Waals surface area contributed by atoms with Crippen molar-refractivity contribution in [2.24, 2.45) is 5.10 Å². The number of hydrogen-bond donors (Lipinski definition) is 2. The molecule has 6 nitrogen and oxygen atoms in total. The summed E-state index contributed by atoms with van der Waals surface area (Å²) in [6.07, 6.45) is 15.6. The van der Waals surface area contributed by atoms with E-state index in [0.29, 0.717) is 23.8 Å². The van der Waals surface area contributed by atoms with Gasteiger partial charge in [0.05, 0.1) is 12.8 Å². The van der Waals surface area contributed by atoms with E-state index in [0.717, 1.165) is 24.0 Å². The summed E-state index contributed by atoms with van der Waals surface area (Å²) in [7, 11) is 0. The van der Waals surface area contributed by atoms with Gasteiger partial charge in [0.15, 0.2) is 0 Å². The van der Waals surface area contributed by atoms with Crippen molar-refractivity contribution in [3.8, 4) is 5.75 Å². The third-order valence-corrected chi connectivity index (χ3v) is 6.32. The average molecular weight is 528 g/mol. The monoisotopic (exact) mass is 527 g/mol. The number of unbranched alkanes of at least 4 members (excludes halogenated alkanes) is 10. The van der Waals surface area contributed by atoms with Crippen LogP contribution in [0.4, 0.5) is 0 Å². The van der Waals surface area contributed by atoms with Crippen LogP contribution in [0.2, 0.25) is 5.02 Å². The molecule has 0 aromatic heterocycles. The fourth-order valence-corrected chi connectivity index (χ4v) is 4.02. The second kappa shape index (κ2) is 19.3. The van der Waals surface area contributed by atoms with Gasteiger partial charge >= 0.3 is 0 Å². The van der Waals surface area contributed by atoms with Crippen molar-refractivity contribution in [2.75, 3.05) is 6.54 Å². The first kappa shape index (κ1) is 30.4. The van der Waals surface area contributed by atoms with E-state index in [2.05, 4.69) is 22.8 Å². The number of hydrogen-bond acceptors (Lipinski definition) is 4. The molecule has 0 aliphatic heterocycles. The summed E-state index contributed by atoms with van der Waals surface area (Å²) < 4.78 is 5.89. The number of benzene rings is 2. The molecule has 0 saturated heterocycles. The predicted molar refractivity (Wildman–Crippen MR) is 152 cm³/mol. The van der Waals surface area contributed by atoms with Crippen LogP contribution in [0.15, 0.2) is 53.6 Å². The van der Waals surface area contributed by atoms with Crippen molar-refractivity contribution >= 4 is 29.6 Å². The van der Waals surface area contributed by atoms with Gasteiger partial charge in [0.25, 0.3) is 5.91 Å². The van der Waals surface area contributed by atoms with E-state index >= 15 is 0 Å². The quantitative estimate of drug-likeness (QED) is 0.115. The number of rotatable bonds is 19. The van der Waals surface area contributed by atoms with Crippen LogP contribution in [-0.4, -0.2) is 24.6 Å². The van der Waals surface area contributed by atoms with Crippen LogP contribution in [-0.2, 0) is 16.2 Å². The van der Waals surface area contributed by atoms with Gasteiger partial charge in [-0.15, -0.1) is 0 Å². The molecule has 2 aromatic carbocycles. The molecule has 0 unspecified atom stereocenters. The molecule has 0 fully saturated rings. The number of carbonyl (C=O) groups is 2. The Balaban J connectivity index is 1.56. The summed E-state index contributed by atoms with van der Waals surface area (Å²) in [5.74, 6) is 0.176. The van der Waals surface area contributed by atoms with Crippen LogP contribution < -0.4 is 15.5 Å². The van der Waals surface area contributed by atoms with Gasteiger partial charge in [-0.25, -0.2) is 5.43 Å². The van der Waals surface area contributed by atoms with Gasteiger partial charge in [-0.3, -0.25) is 9.59 Å². The first-order valence-corrected chi connectivity index (χ1v) is 14.0. The lowest BCUT2D eigenvalue weighted by atomic mass is 10.1. The molecule has 2 amide bonds. The van der Waals surface area contributed by atoms with Crippen molar-refractivity contribution < 1.29 is 14.3 Å². The highest BCUT2D eigenvalue weighted by Gasteiger charge is 2.06. The summed E-state index contributed by atoms with van der Waals surface area (Å²) in [6.45, 7) is 2.54. The van der Waals surface area contributed by atoms with Crippen molar-refractivity contribution in [1.82, 2.24) is 10.7 Å². The number of nitrogens with zero attached hydrogens (tertiary/aromatic N) is 1. The zero-order valence-electron chi connectivity index (χ0n) is 22.1. The Morgan fingerprint density at radius 2 is 1.46 bits per heavy atom. The van der Waals surface area contributed by atoms with Crippen LogP contribution in [0.25, 0.3) is 0 Å². The normalized spacial score (nSPS) is 11.0. The van der Waals surface area contributed by atoms with Gasteiger partial charge < -0.3 is 10.1 Å². The zero-order valence-corrected chi connectivity index (χ0v) is 22.9. The highest BCUT2D eigenvalue weighted by Crippen LogP contribution is 2.18. The molecular formula is C30H42ClN3O3. The van der Waals surface area contributed by atoms with Crippen molar-refractivity contribution in [2.45, 2.75) is 90.6 Å². The first-order valence-electron chi connectivity index (χ1n) is 13.6. The molecule has 2 rings (SSSR count). The minimum Gasteiger partial charge on any atom is -0.488 e. The molecule has 0 spiro atoms. The lowest BCUT2D eigenvalue weighted by Gasteiger charge is -2.09. The van der Waals surface area contributed by atoms with Crippen LogP contribution in [0.5, 0.6) is 5.75 Å². The molecule has 202 valence electrons. The zero-order chi connectivity index (χ0) is 26.6. The van der Waals surface area contributed by atoms with E-state index in [1.165, 1.54) is 64.0 Å². The molecule has 37 heavy (non-hydrogen) atoms. The Morgan fingerprint density at radius 1 is 0.838 bits per heavy atom. The standard InChI is InChI=1S/C30H42ClN3O3/c1-2-3-4-5-6-7-8-9-10-11-12-17-29(35)32-23-30(36)34-33-22-26-15-13-14-16-28(26)37-24-25-18-20-27(31)21-19-25/h13-16,18-22H,2-12,17,23-24H2,1H3,(H,32,35)(H,34,36)/b33-22-. The van der Waals surface area contributed by atoms with Crippen molar-refractivity contribution in [3.05, 3.63) is 64.7 Å². The highest BCUT2D eigenvalue weighted by molar-refractivity contribution is 6.30. The number of amides is 2. The van der Waals surface area contributed by atoms with Gasteiger partial charge in [0, 0.05) is 17.0 Å². The Labute approximate surface area is 227 Å². The maximum absolute atomic E-state index is 12.0. The molecule has 0 bridgehead atoms. The Hall–Kier alpha value is -2.86. The van der Waals surface area contributed by atoms with Gasteiger partial charge in [0.1, 0.15) is 12.4 Å². The Kier molecular flexibility index (Phi) is 15.8. The number of hydrazone groups is 1. The summed E-state index contributed by atoms with van der Waals surface area (Å²) in [6, 6.07) is 14.9. The number of nitrogens with one attached hydrogen (secondary N) is 2. The topological polar surface area (TPSA) is 79.8 Å². The SMILES string of the molecule is CCCCCCCCCCCCCC(=O)NCC(=O)N/N=C\c1ccccc1OCc1ccc(Cl)cc1. The van der Waals surface area contributed by atoms with Crippen molar-refractivity contribution in [1.29, 1.82) is 0 Å². The highest BCUT2D eigenvalue weighted by atomic mass is 35.5. The van der Waals surface area contributed by atoms with Gasteiger partial charge in [-0.05, 0) is 36.2 Å². The fraction of sp³-hybridized carbons (Fsp3) is 0.500. The van der Waals surface area contributed by atoms with Gasteiger partial charge in [-0.1, -0.05) is 107 Å². The third-order valence-electron chi connectivity index (χ3n) is 6.07. The molecule has 0 saturated carbocycles. The number of halogens is 1. The molecular weight excluding hydrogens is 486 g/mol. The summed E-state index contributed by atoms with van der Waals surface area (Å²) >= 11 is 5.92. The molecule has 0 atom stereocenters. The minimum atomic E-state index is -0.372. The first-order chi connectivity index (χ1) is 18.1. The summed E-state index contributed by atoms with van der Waals surface area (Å²) in [5, 5.41) is 7.34. The molecule has 2 N–H and O–H groups in total. The van der Waals surface area contributed by atoms with E-state index < -0.39 is 0 Å². The van der Waals surface area contributed by atoms with E-state index in [1.807, 2.05) is 48.5 Å². The maximum atomic E-state index is 12.0. The molecule has 7 heteroatoms. The summed E-state index contributed by atoms with van der Waals surface area (Å²) in [4.78, 5) is 24.0. The average Bonchev–Trinajstić information content (AvgIpc) is 2.91. The Bertz CT molecular complexity index is 947. The molecule has 0 aliphatic carbocycles. The number of ether oxygens (including phenoxy) is 1. The van der Waals surface area contributed by atoms with E-state index in [-0.39, 0.29) is 18.4 Å². The number of carbonyl (C=O) groups excluding carboxylic acids is 2. The van der Waals surface area contributed by atoms with Crippen LogP contribution in [0.3, 0.4) is 0 Å². The van der Waals surface area contributed by atoms with Crippen LogP contribution in [0.1, 0.15) is 95.1 Å². The van der Waals surface area contributed by atoms with Gasteiger partial charge in [0.2, 0.25) is 5.91 Å². The summed E-state index contributed by atoms with van der Waals surface area (Å²) in [5.41, 5.74) is 4.18. The van der Waals surface area contributed by atoms with Gasteiger partial charge in [-0.2, -0.15) is 5.10 Å². The van der Waals surface area contributed by atoms with E-state index in [4.69, 9.17) is 16.3 Å². The molecule has 0 aliphatic rings. The third kappa shape index (κ3) is 14.5. The Morgan fingerprint density at radius 3 is 2.14 bits per heavy atom. The van der Waals surface area contributed by atoms with Crippen LogP contribution in [0, 0.1) is 0 Å². The maximum Gasteiger partial charge on any atom is 0.259 e. The van der Waals surface area contributed by atoms with E-state index in [1.54, 1.807) is 0 Å². The molecule has 0 heterocycles. The van der Waals surface area contributed by atoms with Crippen LogP contribution >= 0.6 is 11.6 Å². The van der Waals surface area contributed by atoms with E-state index in [9.17, 15) is 9.59 Å². The fourth-order valence-electron chi connectivity index (χ4n) is 3.89. The largest absolute Gasteiger partial charge is 0.488 e. The second-order valence-corrected chi connectivity index (χ2v) is 9.74. The second-order valence-electron chi connectivity index (χ2n) is 9.31. The lowest BCUT2D eigenvalue weighted by molar-refractivity contribution is -0.126.